The number of hydrogen-bond acceptors (Lipinski definition) is 4. The van der Waals surface area contributed by atoms with E-state index in [1.807, 2.05) is 13.0 Å². The normalized spacial score (nSPS) is 42.9. The van der Waals surface area contributed by atoms with E-state index < -0.39 is 17.1 Å². The Labute approximate surface area is 135 Å². The van der Waals surface area contributed by atoms with Gasteiger partial charge in [-0.05, 0) is 42.7 Å². The maximum atomic E-state index is 12.8. The van der Waals surface area contributed by atoms with Gasteiger partial charge < -0.3 is 14.6 Å². The molecule has 0 saturated heterocycles. The van der Waals surface area contributed by atoms with Gasteiger partial charge in [0.25, 0.3) is 0 Å². The second kappa shape index (κ2) is 4.10. The second-order valence-corrected chi connectivity index (χ2v) is 7.79. The van der Waals surface area contributed by atoms with Crippen LogP contribution in [0.25, 0.3) is 0 Å². The Hall–Kier alpha value is -1.55. The first-order chi connectivity index (χ1) is 11.0. The predicted molar refractivity (Wildman–Crippen MR) is 83.9 cm³/mol. The van der Waals surface area contributed by atoms with Gasteiger partial charge in [-0.2, -0.15) is 0 Å². The van der Waals surface area contributed by atoms with Gasteiger partial charge in [0.2, 0.25) is 0 Å². The van der Waals surface area contributed by atoms with Crippen molar-refractivity contribution in [3.8, 4) is 11.5 Å². The summed E-state index contributed by atoms with van der Waals surface area (Å²) < 4.78 is 11.7. The average molecular weight is 314 g/mol. The quantitative estimate of drug-likeness (QED) is 0.865. The molecule has 5 atom stereocenters. The third-order valence-corrected chi connectivity index (χ3v) is 7.04. The highest BCUT2D eigenvalue weighted by atomic mass is 16.5. The maximum Gasteiger partial charge on any atom is 0.174 e. The highest BCUT2D eigenvalue weighted by Gasteiger charge is 2.73. The Morgan fingerprint density at radius 3 is 2.96 bits per heavy atom. The summed E-state index contributed by atoms with van der Waals surface area (Å²) in [5, 5.41) is 11.9. The Morgan fingerprint density at radius 1 is 1.35 bits per heavy atom. The highest BCUT2D eigenvalue weighted by Crippen LogP contribution is 2.68. The molecule has 4 aliphatic rings. The molecule has 2 fully saturated rings. The lowest BCUT2D eigenvalue weighted by atomic mass is 9.43. The van der Waals surface area contributed by atoms with E-state index in [9.17, 15) is 9.90 Å². The first-order valence-corrected chi connectivity index (χ1v) is 8.66. The first kappa shape index (κ1) is 13.8. The summed E-state index contributed by atoms with van der Waals surface area (Å²) in [7, 11) is 1.63. The van der Waals surface area contributed by atoms with Crippen LogP contribution in [0.5, 0.6) is 11.5 Å². The molecule has 2 saturated carbocycles. The summed E-state index contributed by atoms with van der Waals surface area (Å²) in [5.41, 5.74) is 0.899. The van der Waals surface area contributed by atoms with Crippen LogP contribution in [0.1, 0.15) is 43.7 Å². The van der Waals surface area contributed by atoms with Crippen LogP contribution < -0.4 is 9.47 Å². The number of methoxy groups -OCH3 is 1. The third-order valence-electron chi connectivity index (χ3n) is 7.04. The third kappa shape index (κ3) is 1.29. The van der Waals surface area contributed by atoms with Gasteiger partial charge in [-0.25, -0.2) is 0 Å². The summed E-state index contributed by atoms with van der Waals surface area (Å²) in [5.74, 6) is 1.72. The smallest absolute Gasteiger partial charge is 0.174 e. The molecule has 1 aromatic rings. The van der Waals surface area contributed by atoms with Gasteiger partial charge >= 0.3 is 0 Å². The van der Waals surface area contributed by atoms with Crippen LogP contribution >= 0.6 is 0 Å². The molecule has 1 aliphatic heterocycles. The molecular weight excluding hydrogens is 292 g/mol. The Kier molecular flexibility index (Phi) is 2.47. The average Bonchev–Trinajstić information content (AvgIpc) is 2.86. The van der Waals surface area contributed by atoms with E-state index in [2.05, 4.69) is 6.07 Å². The van der Waals surface area contributed by atoms with Crippen LogP contribution in [0.4, 0.5) is 0 Å². The van der Waals surface area contributed by atoms with Gasteiger partial charge in [0.15, 0.2) is 23.4 Å². The fourth-order valence-corrected chi connectivity index (χ4v) is 6.24. The predicted octanol–water partition coefficient (Wildman–Crippen LogP) is 2.39. The molecular formula is C19H22O4. The van der Waals surface area contributed by atoms with Crippen LogP contribution in [0, 0.1) is 11.8 Å². The zero-order chi connectivity index (χ0) is 16.0. The van der Waals surface area contributed by atoms with Gasteiger partial charge in [-0.1, -0.05) is 19.4 Å². The van der Waals surface area contributed by atoms with Crippen molar-refractivity contribution < 1.29 is 19.4 Å². The van der Waals surface area contributed by atoms with Crippen LogP contribution in [-0.4, -0.2) is 29.7 Å². The number of ether oxygens (including phenoxy) is 2. The monoisotopic (exact) mass is 314 g/mol. The summed E-state index contributed by atoms with van der Waals surface area (Å²) >= 11 is 0. The van der Waals surface area contributed by atoms with Crippen molar-refractivity contribution >= 4 is 5.78 Å². The van der Waals surface area contributed by atoms with Crippen LogP contribution in [0.15, 0.2) is 12.1 Å². The molecule has 2 bridgehead atoms. The molecule has 1 heterocycles. The molecule has 1 N–H and O–H groups in total. The molecule has 4 nitrogen and oxygen atoms in total. The standard InChI is InChI=1S/C19H22O4/c1-10-8-13(20)17-18-7-3-4-12(19(10,18)21)9-11-5-6-14(22-2)16(23-17)15(11)18/h5-6,10,12,17,21H,3-4,7-9H2,1-2H3/t10?,12-,17+,18+,19-/m1/s1. The van der Waals surface area contributed by atoms with E-state index in [0.29, 0.717) is 17.9 Å². The molecule has 5 rings (SSSR count). The lowest BCUT2D eigenvalue weighted by molar-refractivity contribution is -0.197. The summed E-state index contributed by atoms with van der Waals surface area (Å²) in [6, 6.07) is 4.04. The molecule has 3 aliphatic carbocycles. The van der Waals surface area contributed by atoms with Crippen molar-refractivity contribution in [2.24, 2.45) is 11.8 Å². The number of Topliss-reactive ketones (excluding diaryl/α,β-unsaturated/α-hetero) is 1. The number of rotatable bonds is 1. The van der Waals surface area contributed by atoms with Crippen LogP contribution in [0.2, 0.25) is 0 Å². The number of hydrogen-bond donors (Lipinski definition) is 1. The van der Waals surface area contributed by atoms with E-state index in [-0.39, 0.29) is 17.6 Å². The number of aliphatic hydroxyl groups is 1. The fraction of sp³-hybridized carbons (Fsp3) is 0.632. The Bertz CT molecular complexity index is 726. The van der Waals surface area contributed by atoms with Crippen molar-refractivity contribution in [3.05, 3.63) is 23.3 Å². The van der Waals surface area contributed by atoms with Gasteiger partial charge in [-0.3, -0.25) is 4.79 Å². The van der Waals surface area contributed by atoms with Gasteiger partial charge in [-0.15, -0.1) is 0 Å². The SMILES string of the molecule is COc1ccc2c3c1O[C@H]1C(=O)CC(C)[C@@]4(O)[C@H](CCC[C@]314)C2. The molecule has 0 amide bonds. The molecule has 1 unspecified atom stereocenters. The minimum atomic E-state index is -0.839. The van der Waals surface area contributed by atoms with Crippen LogP contribution in [-0.2, 0) is 16.6 Å². The van der Waals surface area contributed by atoms with E-state index in [1.165, 1.54) is 5.56 Å². The second-order valence-electron chi connectivity index (χ2n) is 7.79. The number of benzene rings is 1. The molecule has 122 valence electrons. The lowest BCUT2D eigenvalue weighted by Crippen LogP contribution is -2.72. The van der Waals surface area contributed by atoms with Crippen molar-refractivity contribution in [2.75, 3.05) is 7.11 Å². The van der Waals surface area contributed by atoms with Crippen molar-refractivity contribution in [1.29, 1.82) is 0 Å². The van der Waals surface area contributed by atoms with Crippen LogP contribution in [0.3, 0.4) is 0 Å². The maximum absolute atomic E-state index is 12.8. The molecule has 0 radical (unpaired) electrons. The minimum Gasteiger partial charge on any atom is -0.493 e. The topological polar surface area (TPSA) is 55.8 Å². The Balaban J connectivity index is 1.88. The molecule has 23 heavy (non-hydrogen) atoms. The molecule has 1 spiro atoms. The van der Waals surface area contributed by atoms with Crippen molar-refractivity contribution in [1.82, 2.24) is 0 Å². The summed E-state index contributed by atoms with van der Waals surface area (Å²) in [6.07, 6.45) is 3.64. The number of carbonyl (C=O) groups excluding carboxylic acids is 1. The summed E-state index contributed by atoms with van der Waals surface area (Å²) in [4.78, 5) is 12.8. The van der Waals surface area contributed by atoms with Gasteiger partial charge in [0, 0.05) is 12.0 Å². The lowest BCUT2D eigenvalue weighted by Gasteiger charge is -2.62. The fourth-order valence-electron chi connectivity index (χ4n) is 6.24. The van der Waals surface area contributed by atoms with E-state index in [0.717, 1.165) is 31.2 Å². The molecule has 4 heteroatoms. The summed E-state index contributed by atoms with van der Waals surface area (Å²) in [6.45, 7) is 2.04. The van der Waals surface area contributed by atoms with Crippen molar-refractivity contribution in [2.45, 2.75) is 56.1 Å². The molecule has 1 aromatic carbocycles. The van der Waals surface area contributed by atoms with Crippen molar-refractivity contribution in [3.63, 3.8) is 0 Å². The number of ketones is 1. The van der Waals surface area contributed by atoms with E-state index in [1.54, 1.807) is 7.11 Å². The first-order valence-electron chi connectivity index (χ1n) is 8.66. The van der Waals surface area contributed by atoms with Gasteiger partial charge in [0.1, 0.15) is 0 Å². The Morgan fingerprint density at radius 2 is 2.17 bits per heavy atom. The van der Waals surface area contributed by atoms with E-state index in [4.69, 9.17) is 9.47 Å². The zero-order valence-corrected chi connectivity index (χ0v) is 13.6. The largest absolute Gasteiger partial charge is 0.493 e. The van der Waals surface area contributed by atoms with Gasteiger partial charge in [0.05, 0.1) is 18.1 Å². The van der Waals surface area contributed by atoms with E-state index >= 15 is 0 Å². The number of carbonyl (C=O) groups is 1. The minimum absolute atomic E-state index is 0.0227. The zero-order valence-electron chi connectivity index (χ0n) is 13.6. The highest BCUT2D eigenvalue weighted by molar-refractivity contribution is 5.90. The molecule has 0 aromatic heterocycles.